The second-order valence-electron chi connectivity index (χ2n) is 5.29. The van der Waals surface area contributed by atoms with Crippen molar-refractivity contribution in [3.63, 3.8) is 0 Å². The monoisotopic (exact) mass is 262 g/mol. The molecule has 1 aromatic carbocycles. The van der Waals surface area contributed by atoms with Crippen LogP contribution in [-0.4, -0.2) is 19.6 Å². The van der Waals surface area contributed by atoms with Gasteiger partial charge in [0.15, 0.2) is 0 Å². The van der Waals surface area contributed by atoms with Crippen molar-refractivity contribution in [2.75, 3.05) is 19.0 Å². The number of hydrogen-bond acceptors (Lipinski definition) is 3. The Kier molecular flexibility index (Phi) is 4.10. The van der Waals surface area contributed by atoms with E-state index in [2.05, 4.69) is 5.32 Å². The van der Waals surface area contributed by atoms with Crippen molar-refractivity contribution in [1.82, 2.24) is 0 Å². The number of anilines is 1. The van der Waals surface area contributed by atoms with Gasteiger partial charge in [0, 0.05) is 30.1 Å². The van der Waals surface area contributed by atoms with E-state index >= 15 is 0 Å². The molecule has 1 amide bonds. The molecule has 0 spiro atoms. The predicted octanol–water partition coefficient (Wildman–Crippen LogP) is 2.42. The first kappa shape index (κ1) is 13.9. The van der Waals surface area contributed by atoms with Crippen LogP contribution in [0.3, 0.4) is 0 Å². The SMILES string of the molecule is COc1ccc(NC(C)=O)cc1C1(CN)CCCC1. The van der Waals surface area contributed by atoms with E-state index in [1.165, 1.54) is 19.8 Å². The van der Waals surface area contributed by atoms with Crippen LogP contribution in [0.1, 0.15) is 38.2 Å². The topological polar surface area (TPSA) is 64.3 Å². The normalized spacial score (nSPS) is 17.2. The van der Waals surface area contributed by atoms with Crippen molar-refractivity contribution < 1.29 is 9.53 Å². The lowest BCUT2D eigenvalue weighted by Gasteiger charge is -2.30. The van der Waals surface area contributed by atoms with Gasteiger partial charge in [-0.2, -0.15) is 0 Å². The lowest BCUT2D eigenvalue weighted by molar-refractivity contribution is -0.114. The van der Waals surface area contributed by atoms with Crippen LogP contribution in [0.4, 0.5) is 5.69 Å². The first-order valence-electron chi connectivity index (χ1n) is 6.77. The van der Waals surface area contributed by atoms with Gasteiger partial charge in [-0.1, -0.05) is 12.8 Å². The van der Waals surface area contributed by atoms with E-state index in [1.54, 1.807) is 7.11 Å². The molecular formula is C15H22N2O2. The first-order valence-corrected chi connectivity index (χ1v) is 6.77. The third-order valence-corrected chi connectivity index (χ3v) is 4.04. The number of rotatable bonds is 4. The fraction of sp³-hybridized carbons (Fsp3) is 0.533. The highest BCUT2D eigenvalue weighted by molar-refractivity contribution is 5.88. The van der Waals surface area contributed by atoms with Crippen molar-refractivity contribution in [2.24, 2.45) is 5.73 Å². The third-order valence-electron chi connectivity index (χ3n) is 4.04. The fourth-order valence-corrected chi connectivity index (χ4v) is 3.04. The second kappa shape index (κ2) is 5.61. The van der Waals surface area contributed by atoms with Crippen LogP contribution in [0, 0.1) is 0 Å². The summed E-state index contributed by atoms with van der Waals surface area (Å²) >= 11 is 0. The lowest BCUT2D eigenvalue weighted by atomic mass is 9.78. The van der Waals surface area contributed by atoms with Gasteiger partial charge in [-0.05, 0) is 31.0 Å². The largest absolute Gasteiger partial charge is 0.496 e. The number of benzene rings is 1. The Labute approximate surface area is 114 Å². The van der Waals surface area contributed by atoms with Gasteiger partial charge in [-0.25, -0.2) is 0 Å². The number of methoxy groups -OCH3 is 1. The minimum absolute atomic E-state index is 0.000176. The maximum atomic E-state index is 11.2. The van der Waals surface area contributed by atoms with E-state index in [-0.39, 0.29) is 11.3 Å². The molecule has 0 aliphatic heterocycles. The van der Waals surface area contributed by atoms with Gasteiger partial charge in [0.25, 0.3) is 0 Å². The Morgan fingerprint density at radius 1 is 1.42 bits per heavy atom. The Hall–Kier alpha value is -1.55. The van der Waals surface area contributed by atoms with Crippen molar-refractivity contribution in [3.8, 4) is 5.75 Å². The summed E-state index contributed by atoms with van der Waals surface area (Å²) < 4.78 is 5.48. The van der Waals surface area contributed by atoms with Crippen molar-refractivity contribution >= 4 is 11.6 Å². The Balaban J connectivity index is 2.43. The van der Waals surface area contributed by atoms with Gasteiger partial charge >= 0.3 is 0 Å². The molecule has 0 radical (unpaired) electrons. The molecule has 0 aromatic heterocycles. The van der Waals surface area contributed by atoms with Gasteiger partial charge in [0.1, 0.15) is 5.75 Å². The summed E-state index contributed by atoms with van der Waals surface area (Å²) in [5.41, 5.74) is 7.97. The van der Waals surface area contributed by atoms with Crippen LogP contribution in [0.15, 0.2) is 18.2 Å². The summed E-state index contributed by atoms with van der Waals surface area (Å²) in [4.78, 5) is 11.2. The molecule has 1 saturated carbocycles. The molecule has 0 heterocycles. The Morgan fingerprint density at radius 3 is 2.63 bits per heavy atom. The van der Waals surface area contributed by atoms with Crippen molar-refractivity contribution in [1.29, 1.82) is 0 Å². The van der Waals surface area contributed by atoms with E-state index in [0.29, 0.717) is 6.54 Å². The van der Waals surface area contributed by atoms with Gasteiger partial charge in [0.2, 0.25) is 5.91 Å². The summed E-state index contributed by atoms with van der Waals surface area (Å²) in [5.74, 6) is 0.797. The van der Waals surface area contributed by atoms with E-state index < -0.39 is 0 Å². The summed E-state index contributed by atoms with van der Waals surface area (Å²) in [5, 5.41) is 2.83. The molecule has 4 heteroatoms. The van der Waals surface area contributed by atoms with Gasteiger partial charge in [-0.15, -0.1) is 0 Å². The van der Waals surface area contributed by atoms with Crippen LogP contribution < -0.4 is 15.8 Å². The average molecular weight is 262 g/mol. The Bertz CT molecular complexity index is 465. The maximum Gasteiger partial charge on any atom is 0.221 e. The molecule has 1 aliphatic rings. The summed E-state index contributed by atoms with van der Waals surface area (Å²) in [6.07, 6.45) is 4.57. The minimum Gasteiger partial charge on any atom is -0.496 e. The molecule has 1 fully saturated rings. The number of carbonyl (C=O) groups excluding carboxylic acids is 1. The first-order chi connectivity index (χ1) is 9.11. The number of carbonyl (C=O) groups is 1. The van der Waals surface area contributed by atoms with Crippen LogP contribution >= 0.6 is 0 Å². The molecule has 1 aromatic rings. The zero-order valence-electron chi connectivity index (χ0n) is 11.7. The minimum atomic E-state index is -0.0654. The van der Waals surface area contributed by atoms with Crippen LogP contribution in [-0.2, 0) is 10.2 Å². The highest BCUT2D eigenvalue weighted by atomic mass is 16.5. The summed E-state index contributed by atoms with van der Waals surface area (Å²) in [7, 11) is 1.68. The highest BCUT2D eigenvalue weighted by Gasteiger charge is 2.36. The second-order valence-corrected chi connectivity index (χ2v) is 5.29. The van der Waals surface area contributed by atoms with E-state index in [4.69, 9.17) is 10.5 Å². The smallest absolute Gasteiger partial charge is 0.221 e. The van der Waals surface area contributed by atoms with Gasteiger partial charge in [0.05, 0.1) is 7.11 Å². The summed E-state index contributed by atoms with van der Waals surface area (Å²) in [6.45, 7) is 2.13. The number of amides is 1. The average Bonchev–Trinajstić information content (AvgIpc) is 2.88. The molecule has 0 atom stereocenters. The van der Waals surface area contributed by atoms with Crippen LogP contribution in [0.25, 0.3) is 0 Å². The molecular weight excluding hydrogens is 240 g/mol. The molecule has 3 N–H and O–H groups in total. The molecule has 1 aliphatic carbocycles. The highest BCUT2D eigenvalue weighted by Crippen LogP contribution is 2.44. The number of nitrogens with one attached hydrogen (secondary N) is 1. The van der Waals surface area contributed by atoms with Gasteiger partial charge in [-0.3, -0.25) is 4.79 Å². The number of nitrogens with two attached hydrogens (primary N) is 1. The van der Waals surface area contributed by atoms with E-state index in [1.807, 2.05) is 18.2 Å². The molecule has 104 valence electrons. The lowest BCUT2D eigenvalue weighted by Crippen LogP contribution is -2.32. The molecule has 0 bridgehead atoms. The van der Waals surface area contributed by atoms with E-state index in [9.17, 15) is 4.79 Å². The quantitative estimate of drug-likeness (QED) is 0.876. The van der Waals surface area contributed by atoms with E-state index in [0.717, 1.165) is 29.8 Å². The molecule has 0 saturated heterocycles. The van der Waals surface area contributed by atoms with Gasteiger partial charge < -0.3 is 15.8 Å². The summed E-state index contributed by atoms with van der Waals surface area (Å²) in [6, 6.07) is 5.79. The number of hydrogen-bond donors (Lipinski definition) is 2. The van der Waals surface area contributed by atoms with Crippen molar-refractivity contribution in [3.05, 3.63) is 23.8 Å². The molecule has 2 rings (SSSR count). The standard InChI is InChI=1S/C15H22N2O2/c1-11(18)17-12-5-6-14(19-2)13(9-12)15(10-16)7-3-4-8-15/h5-6,9H,3-4,7-8,10,16H2,1-2H3,(H,17,18). The molecule has 19 heavy (non-hydrogen) atoms. The van der Waals surface area contributed by atoms with Crippen LogP contribution in [0.2, 0.25) is 0 Å². The Morgan fingerprint density at radius 2 is 2.11 bits per heavy atom. The molecule has 0 unspecified atom stereocenters. The number of ether oxygens (including phenoxy) is 1. The van der Waals surface area contributed by atoms with Crippen LogP contribution in [0.5, 0.6) is 5.75 Å². The maximum absolute atomic E-state index is 11.2. The zero-order chi connectivity index (χ0) is 13.9. The third kappa shape index (κ3) is 2.73. The predicted molar refractivity (Wildman–Crippen MR) is 76.5 cm³/mol. The fourth-order valence-electron chi connectivity index (χ4n) is 3.04. The van der Waals surface area contributed by atoms with Crippen molar-refractivity contribution in [2.45, 2.75) is 38.0 Å². The zero-order valence-corrected chi connectivity index (χ0v) is 11.7. The molecule has 4 nitrogen and oxygen atoms in total.